The molecule has 0 N–H and O–H groups in total. The lowest BCUT2D eigenvalue weighted by molar-refractivity contribution is -0.150. The summed E-state index contributed by atoms with van der Waals surface area (Å²) >= 11 is 0. The number of fused-ring (bicyclic) bond motifs is 1. The smallest absolute Gasteiger partial charge is 0.267 e. The maximum atomic E-state index is 12.9. The summed E-state index contributed by atoms with van der Waals surface area (Å²) in [5, 5.41) is 4.40. The largest absolute Gasteiger partial charge is 0.482 e. The van der Waals surface area contributed by atoms with Gasteiger partial charge < -0.3 is 19.3 Å². The Morgan fingerprint density at radius 3 is 2.64 bits per heavy atom. The first-order valence-corrected chi connectivity index (χ1v) is 9.66. The van der Waals surface area contributed by atoms with Crippen molar-refractivity contribution in [1.82, 2.24) is 14.7 Å². The molecule has 2 amide bonds. The predicted octanol–water partition coefficient (Wildman–Crippen LogP) is 1.62. The number of likely N-dealkylation sites (tertiary alicyclic amines) is 1. The summed E-state index contributed by atoms with van der Waals surface area (Å²) in [6.07, 6.45) is 4.12. The molecule has 8 heteroatoms. The zero-order valence-corrected chi connectivity index (χ0v) is 15.7. The van der Waals surface area contributed by atoms with Crippen molar-refractivity contribution in [2.24, 2.45) is 0 Å². The topological polar surface area (TPSA) is 76.9 Å². The number of amides is 2. The number of para-hydroxylation sites is 2. The van der Waals surface area contributed by atoms with Gasteiger partial charge in [0.15, 0.2) is 11.5 Å². The molecule has 0 aliphatic carbocycles. The fourth-order valence-corrected chi connectivity index (χ4v) is 3.96. The van der Waals surface area contributed by atoms with Crippen molar-refractivity contribution in [3.8, 4) is 11.5 Å². The Morgan fingerprint density at radius 1 is 1.18 bits per heavy atom. The monoisotopic (exact) mass is 382 g/mol. The van der Waals surface area contributed by atoms with Gasteiger partial charge in [-0.25, -0.2) is 0 Å². The van der Waals surface area contributed by atoms with Crippen LogP contribution in [0.5, 0.6) is 11.5 Å². The molecule has 0 bridgehead atoms. The summed E-state index contributed by atoms with van der Waals surface area (Å²) in [5.74, 6) is 1.35. The van der Waals surface area contributed by atoms with E-state index in [1.807, 2.05) is 42.1 Å². The van der Waals surface area contributed by atoms with Gasteiger partial charge in [-0.2, -0.15) is 5.10 Å². The number of carbonyl (C=O) groups excluding carboxylic acids is 2. The van der Waals surface area contributed by atoms with E-state index < -0.39 is 6.10 Å². The van der Waals surface area contributed by atoms with Gasteiger partial charge in [0.25, 0.3) is 5.91 Å². The predicted molar refractivity (Wildman–Crippen MR) is 100 cm³/mol. The van der Waals surface area contributed by atoms with Gasteiger partial charge >= 0.3 is 0 Å². The Labute approximate surface area is 162 Å². The van der Waals surface area contributed by atoms with Crippen molar-refractivity contribution >= 4 is 17.5 Å². The highest BCUT2D eigenvalue weighted by Gasteiger charge is 2.42. The lowest BCUT2D eigenvalue weighted by Crippen LogP contribution is -2.58. The summed E-state index contributed by atoms with van der Waals surface area (Å²) in [4.78, 5) is 28.3. The second-order valence-electron chi connectivity index (χ2n) is 7.53. The Hall–Kier alpha value is -3.03. The van der Waals surface area contributed by atoms with E-state index in [0.29, 0.717) is 31.0 Å². The van der Waals surface area contributed by atoms with E-state index in [0.717, 1.165) is 18.7 Å². The van der Waals surface area contributed by atoms with Crippen LogP contribution >= 0.6 is 0 Å². The molecular weight excluding hydrogens is 360 g/mol. The van der Waals surface area contributed by atoms with Crippen molar-refractivity contribution in [2.75, 3.05) is 24.5 Å². The van der Waals surface area contributed by atoms with E-state index in [2.05, 4.69) is 5.10 Å². The average Bonchev–Trinajstić information content (AvgIpc) is 3.28. The number of carbonyl (C=O) groups is 2. The Bertz CT molecular complexity index is 920. The fraction of sp³-hybridized carbons (Fsp3) is 0.450. The lowest BCUT2D eigenvalue weighted by Gasteiger charge is -2.42. The molecule has 2 aromatic rings. The van der Waals surface area contributed by atoms with Crippen molar-refractivity contribution in [2.45, 2.75) is 38.0 Å². The van der Waals surface area contributed by atoms with Crippen LogP contribution in [-0.2, 0) is 9.59 Å². The third-order valence-electron chi connectivity index (χ3n) is 5.61. The molecule has 5 rings (SSSR count). The van der Waals surface area contributed by atoms with Gasteiger partial charge in [-0.05, 0) is 25.5 Å². The van der Waals surface area contributed by atoms with Crippen LogP contribution in [0.1, 0.15) is 25.8 Å². The SMILES string of the molecule is CC1Oc2ccccc2OC1C(=O)N1CC(n2cc(N3CCCC3=O)cn2)C1. The van der Waals surface area contributed by atoms with Gasteiger partial charge in [0, 0.05) is 32.3 Å². The van der Waals surface area contributed by atoms with Crippen molar-refractivity contribution in [1.29, 1.82) is 0 Å². The number of hydrogen-bond donors (Lipinski definition) is 0. The average molecular weight is 382 g/mol. The van der Waals surface area contributed by atoms with Crippen LogP contribution in [0, 0.1) is 0 Å². The number of hydrogen-bond acceptors (Lipinski definition) is 5. The normalized spacial score (nSPS) is 24.4. The van der Waals surface area contributed by atoms with Crippen LogP contribution in [0.3, 0.4) is 0 Å². The summed E-state index contributed by atoms with van der Waals surface area (Å²) in [5.41, 5.74) is 0.835. The zero-order chi connectivity index (χ0) is 19.3. The molecule has 4 heterocycles. The number of aromatic nitrogens is 2. The zero-order valence-electron chi connectivity index (χ0n) is 15.7. The number of nitrogens with zero attached hydrogens (tertiary/aromatic N) is 4. The van der Waals surface area contributed by atoms with Crippen molar-refractivity contribution in [3.05, 3.63) is 36.7 Å². The van der Waals surface area contributed by atoms with E-state index in [1.165, 1.54) is 0 Å². The van der Waals surface area contributed by atoms with Gasteiger partial charge in [-0.3, -0.25) is 14.3 Å². The van der Waals surface area contributed by atoms with Crippen LogP contribution in [0.2, 0.25) is 0 Å². The number of ether oxygens (including phenoxy) is 2. The summed E-state index contributed by atoms with van der Waals surface area (Å²) < 4.78 is 13.6. The maximum absolute atomic E-state index is 12.9. The van der Waals surface area contributed by atoms with Crippen LogP contribution in [-0.4, -0.2) is 58.3 Å². The minimum absolute atomic E-state index is 0.0691. The molecule has 3 aliphatic rings. The molecule has 0 spiro atoms. The molecule has 0 radical (unpaired) electrons. The molecule has 2 unspecified atom stereocenters. The Morgan fingerprint density at radius 2 is 1.93 bits per heavy atom. The molecular formula is C20H22N4O4. The first-order valence-electron chi connectivity index (χ1n) is 9.66. The molecule has 3 aliphatic heterocycles. The van der Waals surface area contributed by atoms with E-state index in [9.17, 15) is 9.59 Å². The molecule has 8 nitrogen and oxygen atoms in total. The first kappa shape index (κ1) is 17.1. The Kier molecular flexibility index (Phi) is 3.99. The van der Waals surface area contributed by atoms with Crippen molar-refractivity contribution < 1.29 is 19.1 Å². The fourth-order valence-electron chi connectivity index (χ4n) is 3.96. The lowest BCUT2D eigenvalue weighted by atomic mass is 10.1. The van der Waals surface area contributed by atoms with Gasteiger partial charge in [0.1, 0.15) is 6.10 Å². The molecule has 2 saturated heterocycles. The van der Waals surface area contributed by atoms with Gasteiger partial charge in [-0.15, -0.1) is 0 Å². The molecule has 1 aromatic heterocycles. The molecule has 2 atom stereocenters. The second kappa shape index (κ2) is 6.54. The van der Waals surface area contributed by atoms with E-state index >= 15 is 0 Å². The highest BCUT2D eigenvalue weighted by molar-refractivity contribution is 5.95. The number of rotatable bonds is 3. The van der Waals surface area contributed by atoms with Crippen molar-refractivity contribution in [3.63, 3.8) is 0 Å². The van der Waals surface area contributed by atoms with Gasteiger partial charge in [0.05, 0.1) is 17.9 Å². The maximum Gasteiger partial charge on any atom is 0.267 e. The minimum atomic E-state index is -0.647. The summed E-state index contributed by atoms with van der Waals surface area (Å²) in [6, 6.07) is 7.51. The van der Waals surface area contributed by atoms with E-state index in [4.69, 9.17) is 9.47 Å². The first-order chi connectivity index (χ1) is 13.6. The van der Waals surface area contributed by atoms with E-state index in [1.54, 1.807) is 16.0 Å². The second-order valence-corrected chi connectivity index (χ2v) is 7.53. The number of anilines is 1. The third-order valence-corrected chi connectivity index (χ3v) is 5.61. The van der Waals surface area contributed by atoms with E-state index in [-0.39, 0.29) is 24.0 Å². The quantitative estimate of drug-likeness (QED) is 0.806. The van der Waals surface area contributed by atoms with Crippen LogP contribution < -0.4 is 14.4 Å². The molecule has 146 valence electrons. The highest BCUT2D eigenvalue weighted by Crippen LogP contribution is 2.35. The van der Waals surface area contributed by atoms with Gasteiger partial charge in [0.2, 0.25) is 12.0 Å². The molecule has 0 saturated carbocycles. The summed E-state index contributed by atoms with van der Waals surface area (Å²) in [7, 11) is 0. The minimum Gasteiger partial charge on any atom is -0.482 e. The molecule has 28 heavy (non-hydrogen) atoms. The standard InChI is InChI=1S/C20H22N4O4/c1-13-19(28-17-6-3-2-5-16(17)27-13)20(26)22-10-15(11-22)24-12-14(9-21-24)23-8-4-7-18(23)25/h2-3,5-6,9,12-13,15,19H,4,7-8,10-11H2,1H3. The Balaban J connectivity index is 1.22. The third kappa shape index (κ3) is 2.80. The summed E-state index contributed by atoms with van der Waals surface area (Å²) in [6.45, 7) is 3.74. The van der Waals surface area contributed by atoms with Crippen LogP contribution in [0.15, 0.2) is 36.7 Å². The molecule has 1 aromatic carbocycles. The van der Waals surface area contributed by atoms with Crippen LogP contribution in [0.25, 0.3) is 0 Å². The molecule has 2 fully saturated rings. The highest BCUT2D eigenvalue weighted by atomic mass is 16.6. The number of benzene rings is 1. The van der Waals surface area contributed by atoms with Gasteiger partial charge in [-0.1, -0.05) is 12.1 Å². The van der Waals surface area contributed by atoms with Crippen LogP contribution in [0.4, 0.5) is 5.69 Å².